The summed E-state index contributed by atoms with van der Waals surface area (Å²) >= 11 is 6.34. The van der Waals surface area contributed by atoms with Crippen LogP contribution in [0.15, 0.2) is 54.7 Å². The summed E-state index contributed by atoms with van der Waals surface area (Å²) < 4.78 is 1.64. The molecule has 206 valence electrons. The van der Waals surface area contributed by atoms with Crippen molar-refractivity contribution in [2.24, 2.45) is 5.41 Å². The van der Waals surface area contributed by atoms with E-state index in [-0.39, 0.29) is 30.8 Å². The summed E-state index contributed by atoms with van der Waals surface area (Å²) in [5, 5.41) is 22.8. The van der Waals surface area contributed by atoms with Gasteiger partial charge in [0.2, 0.25) is 11.8 Å². The number of likely N-dealkylation sites (tertiary alicyclic amines) is 1. The van der Waals surface area contributed by atoms with Crippen LogP contribution >= 0.6 is 11.6 Å². The SMILES string of the molecule is C[C@H](NC(=O)[C@@H]1C[C@@H](O)CN1C(=O)[C@@H](n1cc(C2CC2)nn1)C(C)(C)C)c1ccc(-c2ccccc2Cl)cc1. The zero-order chi connectivity index (χ0) is 27.9. The third-order valence-electron chi connectivity index (χ3n) is 7.66. The lowest BCUT2D eigenvalue weighted by molar-refractivity contribution is -0.144. The average Bonchev–Trinajstić information content (AvgIpc) is 3.50. The minimum Gasteiger partial charge on any atom is -0.391 e. The van der Waals surface area contributed by atoms with Crippen LogP contribution < -0.4 is 5.32 Å². The molecule has 1 aliphatic carbocycles. The summed E-state index contributed by atoms with van der Waals surface area (Å²) in [6.07, 6.45) is 3.47. The van der Waals surface area contributed by atoms with E-state index in [1.54, 1.807) is 4.68 Å². The van der Waals surface area contributed by atoms with Crippen molar-refractivity contribution in [1.29, 1.82) is 0 Å². The first-order valence-corrected chi connectivity index (χ1v) is 14.0. The van der Waals surface area contributed by atoms with Gasteiger partial charge in [0.05, 0.1) is 17.8 Å². The average molecular weight is 550 g/mol. The molecule has 1 aromatic heterocycles. The first kappa shape index (κ1) is 27.3. The van der Waals surface area contributed by atoms with Gasteiger partial charge in [0.25, 0.3) is 0 Å². The molecule has 1 saturated carbocycles. The largest absolute Gasteiger partial charge is 0.391 e. The van der Waals surface area contributed by atoms with Crippen LogP contribution in [0.25, 0.3) is 11.1 Å². The van der Waals surface area contributed by atoms with E-state index in [0.29, 0.717) is 10.9 Å². The summed E-state index contributed by atoms with van der Waals surface area (Å²) in [7, 11) is 0. The topological polar surface area (TPSA) is 100 Å². The van der Waals surface area contributed by atoms with E-state index >= 15 is 0 Å². The van der Waals surface area contributed by atoms with Gasteiger partial charge in [-0.2, -0.15) is 0 Å². The Labute approximate surface area is 234 Å². The van der Waals surface area contributed by atoms with Crippen molar-refractivity contribution in [3.05, 3.63) is 71.0 Å². The molecule has 39 heavy (non-hydrogen) atoms. The number of halogens is 1. The molecule has 8 nitrogen and oxygen atoms in total. The second-order valence-corrected chi connectivity index (χ2v) is 12.3. The molecular formula is C30H36ClN5O3. The molecule has 0 bridgehead atoms. The van der Waals surface area contributed by atoms with E-state index in [1.807, 2.05) is 82.4 Å². The van der Waals surface area contributed by atoms with Crippen molar-refractivity contribution < 1.29 is 14.7 Å². The van der Waals surface area contributed by atoms with Crippen LogP contribution in [-0.2, 0) is 9.59 Å². The Bertz CT molecular complexity index is 1350. The molecule has 9 heteroatoms. The van der Waals surface area contributed by atoms with Crippen LogP contribution in [0.2, 0.25) is 5.02 Å². The molecule has 3 aromatic rings. The maximum absolute atomic E-state index is 13.9. The van der Waals surface area contributed by atoms with Crippen molar-refractivity contribution in [1.82, 2.24) is 25.2 Å². The normalized spacial score (nSPS) is 21.0. The standard InChI is InChI=1S/C30H36ClN5O3/c1-18(19-9-11-20(12-10-19)23-7-5-6-8-24(23)31)32-28(38)26-15-22(37)16-35(26)29(39)27(30(2,3)4)36-17-25(33-34-36)21-13-14-21/h5-12,17-18,21-22,26-27,37H,13-16H2,1-4H3,(H,32,38)/t18-,22+,26-,27+/m0/s1. The van der Waals surface area contributed by atoms with Crippen LogP contribution in [0.1, 0.15) is 76.2 Å². The summed E-state index contributed by atoms with van der Waals surface area (Å²) in [5.41, 5.74) is 3.29. The molecule has 0 radical (unpaired) electrons. The van der Waals surface area contributed by atoms with E-state index < -0.39 is 23.6 Å². The summed E-state index contributed by atoms with van der Waals surface area (Å²) in [5.74, 6) is -0.0995. The van der Waals surface area contributed by atoms with Crippen LogP contribution in [0.5, 0.6) is 0 Å². The maximum atomic E-state index is 13.9. The third-order valence-corrected chi connectivity index (χ3v) is 7.99. The Balaban J connectivity index is 1.31. The molecule has 2 fully saturated rings. The molecule has 0 spiro atoms. The maximum Gasteiger partial charge on any atom is 0.248 e. The zero-order valence-corrected chi connectivity index (χ0v) is 23.6. The van der Waals surface area contributed by atoms with Crippen LogP contribution in [0.4, 0.5) is 0 Å². The number of nitrogens with zero attached hydrogens (tertiary/aromatic N) is 4. The van der Waals surface area contributed by atoms with Crippen molar-refractivity contribution in [3.63, 3.8) is 0 Å². The fourth-order valence-electron chi connectivity index (χ4n) is 5.37. The highest BCUT2D eigenvalue weighted by Crippen LogP contribution is 2.40. The van der Waals surface area contributed by atoms with E-state index in [2.05, 4.69) is 15.6 Å². The second kappa shape index (κ2) is 10.7. The molecule has 2 N–H and O–H groups in total. The number of aromatic nitrogens is 3. The number of aliphatic hydroxyl groups excluding tert-OH is 1. The Morgan fingerprint density at radius 3 is 2.44 bits per heavy atom. The van der Waals surface area contributed by atoms with Gasteiger partial charge in [-0.05, 0) is 42.4 Å². The number of β-amino-alcohol motifs (C(OH)–C–C–N with tert-alkyl or cyclic N) is 1. The molecule has 0 unspecified atom stereocenters. The second-order valence-electron chi connectivity index (χ2n) is 11.9. The molecular weight excluding hydrogens is 514 g/mol. The number of carbonyl (C=O) groups excluding carboxylic acids is 2. The van der Waals surface area contributed by atoms with E-state index in [1.165, 1.54) is 4.90 Å². The van der Waals surface area contributed by atoms with Crippen molar-refractivity contribution >= 4 is 23.4 Å². The first-order valence-electron chi connectivity index (χ1n) is 13.6. The van der Waals surface area contributed by atoms with Gasteiger partial charge in [-0.3, -0.25) is 9.59 Å². The molecule has 5 rings (SSSR count). The minimum absolute atomic E-state index is 0.106. The first-order chi connectivity index (χ1) is 18.5. The Morgan fingerprint density at radius 1 is 1.10 bits per heavy atom. The Kier molecular flexibility index (Phi) is 7.53. The highest BCUT2D eigenvalue weighted by molar-refractivity contribution is 6.33. The van der Waals surface area contributed by atoms with Gasteiger partial charge in [-0.15, -0.1) is 5.10 Å². The summed E-state index contributed by atoms with van der Waals surface area (Å²) in [6, 6.07) is 13.9. The summed E-state index contributed by atoms with van der Waals surface area (Å²) in [4.78, 5) is 28.9. The van der Waals surface area contributed by atoms with Crippen molar-refractivity contribution in [2.75, 3.05) is 6.54 Å². The van der Waals surface area contributed by atoms with Gasteiger partial charge >= 0.3 is 0 Å². The van der Waals surface area contributed by atoms with Gasteiger partial charge in [0.15, 0.2) is 0 Å². The Morgan fingerprint density at radius 2 is 1.79 bits per heavy atom. The van der Waals surface area contributed by atoms with Crippen molar-refractivity contribution in [3.8, 4) is 11.1 Å². The zero-order valence-electron chi connectivity index (χ0n) is 22.8. The van der Waals surface area contributed by atoms with E-state index in [0.717, 1.165) is 35.2 Å². The van der Waals surface area contributed by atoms with Gasteiger partial charge in [0.1, 0.15) is 12.1 Å². The molecule has 1 aliphatic heterocycles. The highest BCUT2D eigenvalue weighted by Gasteiger charge is 2.45. The predicted molar refractivity (Wildman–Crippen MR) is 150 cm³/mol. The monoisotopic (exact) mass is 549 g/mol. The number of hydrogen-bond donors (Lipinski definition) is 2. The van der Waals surface area contributed by atoms with Gasteiger partial charge in [-0.1, -0.05) is 80.1 Å². The fraction of sp³-hybridized carbons (Fsp3) is 0.467. The van der Waals surface area contributed by atoms with Gasteiger partial charge in [0, 0.05) is 35.7 Å². The molecule has 4 atom stereocenters. The van der Waals surface area contributed by atoms with Gasteiger partial charge in [-0.25, -0.2) is 4.68 Å². The number of benzene rings is 2. The molecule has 1 saturated heterocycles. The van der Waals surface area contributed by atoms with Crippen LogP contribution in [-0.4, -0.2) is 55.5 Å². The lowest BCUT2D eigenvalue weighted by Crippen LogP contribution is -2.50. The molecule has 2 amide bonds. The van der Waals surface area contributed by atoms with Crippen LogP contribution in [0.3, 0.4) is 0 Å². The number of amides is 2. The number of hydrogen-bond acceptors (Lipinski definition) is 5. The Hall–Kier alpha value is -3.23. The number of carbonyl (C=O) groups is 2. The van der Waals surface area contributed by atoms with E-state index in [9.17, 15) is 14.7 Å². The summed E-state index contributed by atoms with van der Waals surface area (Å²) in [6.45, 7) is 7.94. The highest BCUT2D eigenvalue weighted by atomic mass is 35.5. The molecule has 2 aromatic carbocycles. The van der Waals surface area contributed by atoms with E-state index in [4.69, 9.17) is 11.6 Å². The lowest BCUT2D eigenvalue weighted by Gasteiger charge is -2.34. The van der Waals surface area contributed by atoms with Crippen LogP contribution in [0, 0.1) is 5.41 Å². The molecule has 2 heterocycles. The molecule has 2 aliphatic rings. The predicted octanol–water partition coefficient (Wildman–Crippen LogP) is 4.90. The smallest absolute Gasteiger partial charge is 0.248 e. The third kappa shape index (κ3) is 5.87. The number of nitrogens with one attached hydrogen (secondary N) is 1. The fourth-order valence-corrected chi connectivity index (χ4v) is 5.61. The van der Waals surface area contributed by atoms with Crippen molar-refractivity contribution in [2.45, 2.75) is 77.1 Å². The number of rotatable bonds is 7. The minimum atomic E-state index is -0.770. The quantitative estimate of drug-likeness (QED) is 0.436. The van der Waals surface area contributed by atoms with Gasteiger partial charge < -0.3 is 15.3 Å². The lowest BCUT2D eigenvalue weighted by atomic mass is 9.85. The number of aliphatic hydroxyl groups is 1.